The number of pyridine rings is 1. The Hall–Kier alpha value is -3.87. The zero-order chi connectivity index (χ0) is 29.7. The standard InChI is InChI=1S/C23H20N4O2S.C7H16O4/c1-25-23(29)19-7-2-3-8-22(19)30-17-10-11-18(21(14-17)27-15-28)20(24)12-9-16-6-4-5-13-26-16;1-9-4-5-11-7-6-10-3-2-8/h2-15,24H,1H3,(H,25,29)(H,27,28);8H,2-7H2,1H3/b12-9+,24-20?;. The monoisotopic (exact) mass is 580 g/mol. The van der Waals surface area contributed by atoms with E-state index in [4.69, 9.17) is 24.7 Å². The maximum Gasteiger partial charge on any atom is 0.252 e. The smallest absolute Gasteiger partial charge is 0.252 e. The molecular formula is C30H36N4O6S. The highest BCUT2D eigenvalue weighted by Crippen LogP contribution is 2.33. The van der Waals surface area contributed by atoms with E-state index in [0.29, 0.717) is 56.3 Å². The van der Waals surface area contributed by atoms with E-state index in [-0.39, 0.29) is 18.2 Å². The Morgan fingerprint density at radius 2 is 1.73 bits per heavy atom. The molecule has 0 aliphatic heterocycles. The van der Waals surface area contributed by atoms with Gasteiger partial charge in [-0.25, -0.2) is 0 Å². The largest absolute Gasteiger partial charge is 0.394 e. The zero-order valence-electron chi connectivity index (χ0n) is 23.2. The molecule has 10 nitrogen and oxygen atoms in total. The number of aromatic nitrogens is 1. The fraction of sp³-hybridized carbons (Fsp3) is 0.267. The number of rotatable bonds is 16. The normalized spacial score (nSPS) is 10.5. The Morgan fingerprint density at radius 3 is 2.41 bits per heavy atom. The highest BCUT2D eigenvalue weighted by molar-refractivity contribution is 7.99. The number of amides is 2. The summed E-state index contributed by atoms with van der Waals surface area (Å²) in [6, 6.07) is 18.3. The van der Waals surface area contributed by atoms with Crippen LogP contribution in [-0.4, -0.2) is 81.9 Å². The van der Waals surface area contributed by atoms with Gasteiger partial charge in [0.2, 0.25) is 6.41 Å². The number of nitrogens with one attached hydrogen (secondary N) is 3. The molecular weight excluding hydrogens is 544 g/mol. The van der Waals surface area contributed by atoms with Crippen molar-refractivity contribution in [3.8, 4) is 0 Å². The van der Waals surface area contributed by atoms with E-state index in [2.05, 4.69) is 15.6 Å². The Kier molecular flexibility index (Phi) is 16.3. The van der Waals surface area contributed by atoms with Gasteiger partial charge in [0.15, 0.2) is 0 Å². The summed E-state index contributed by atoms with van der Waals surface area (Å²) in [5.74, 6) is -0.164. The SMILES string of the molecule is CNC(=O)c1ccccc1Sc1ccc(C(=N)/C=C/c2ccccn2)c(NC=O)c1.COCCOCCOCCO. The topological polar surface area (TPSA) is 143 Å². The van der Waals surface area contributed by atoms with Gasteiger partial charge in [-0.05, 0) is 54.6 Å². The summed E-state index contributed by atoms with van der Waals surface area (Å²) in [4.78, 5) is 29.0. The second kappa shape index (κ2) is 20.1. The number of nitrogens with zero attached hydrogens (tertiary/aromatic N) is 1. The quantitative estimate of drug-likeness (QED) is 0.114. The van der Waals surface area contributed by atoms with E-state index in [1.807, 2.05) is 42.5 Å². The van der Waals surface area contributed by atoms with Crippen LogP contribution in [0.1, 0.15) is 21.6 Å². The van der Waals surface area contributed by atoms with Crippen LogP contribution in [0.2, 0.25) is 0 Å². The van der Waals surface area contributed by atoms with Gasteiger partial charge in [0.05, 0.1) is 62.3 Å². The molecule has 0 fully saturated rings. The van der Waals surface area contributed by atoms with Gasteiger partial charge in [-0.15, -0.1) is 0 Å². The second-order valence-corrected chi connectivity index (χ2v) is 9.21. The van der Waals surface area contributed by atoms with Gasteiger partial charge < -0.3 is 35.4 Å². The minimum absolute atomic E-state index is 0.0675. The molecule has 0 unspecified atom stereocenters. The molecule has 0 aliphatic carbocycles. The van der Waals surface area contributed by atoms with E-state index in [9.17, 15) is 9.59 Å². The molecule has 0 bridgehead atoms. The van der Waals surface area contributed by atoms with Gasteiger partial charge in [-0.3, -0.25) is 14.6 Å². The molecule has 0 saturated heterocycles. The molecule has 0 radical (unpaired) electrons. The number of benzene rings is 2. The van der Waals surface area contributed by atoms with Crippen LogP contribution >= 0.6 is 11.8 Å². The second-order valence-electron chi connectivity index (χ2n) is 8.09. The first-order chi connectivity index (χ1) is 20.0. The summed E-state index contributed by atoms with van der Waals surface area (Å²) in [5.41, 5.74) is 2.66. The number of aliphatic hydroxyl groups is 1. The van der Waals surface area contributed by atoms with Crippen LogP contribution in [0.5, 0.6) is 0 Å². The number of hydrogen-bond donors (Lipinski definition) is 4. The van der Waals surface area contributed by atoms with Crippen molar-refractivity contribution in [3.63, 3.8) is 0 Å². The summed E-state index contributed by atoms with van der Waals surface area (Å²) in [5, 5.41) is 22.0. The van der Waals surface area contributed by atoms with Crippen molar-refractivity contribution in [3.05, 3.63) is 89.8 Å². The van der Waals surface area contributed by atoms with Crippen LogP contribution in [0.15, 0.2) is 82.7 Å². The summed E-state index contributed by atoms with van der Waals surface area (Å²) in [7, 11) is 3.22. The van der Waals surface area contributed by atoms with Gasteiger partial charge in [0, 0.05) is 35.7 Å². The highest BCUT2D eigenvalue weighted by atomic mass is 32.2. The van der Waals surface area contributed by atoms with Crippen molar-refractivity contribution in [2.45, 2.75) is 9.79 Å². The highest BCUT2D eigenvalue weighted by Gasteiger charge is 2.12. The van der Waals surface area contributed by atoms with Crippen molar-refractivity contribution in [2.75, 3.05) is 59.1 Å². The van der Waals surface area contributed by atoms with Gasteiger partial charge in [0.25, 0.3) is 5.91 Å². The van der Waals surface area contributed by atoms with Crippen LogP contribution in [0.25, 0.3) is 6.08 Å². The third-order valence-corrected chi connectivity index (χ3v) is 6.30. The molecule has 1 heterocycles. The number of hydrogen-bond acceptors (Lipinski definition) is 9. The van der Waals surface area contributed by atoms with Gasteiger partial charge in [-0.1, -0.05) is 30.0 Å². The van der Waals surface area contributed by atoms with Crippen molar-refractivity contribution < 1.29 is 28.9 Å². The van der Waals surface area contributed by atoms with Gasteiger partial charge >= 0.3 is 0 Å². The van der Waals surface area contributed by atoms with Crippen molar-refractivity contribution in [1.82, 2.24) is 10.3 Å². The van der Waals surface area contributed by atoms with Crippen molar-refractivity contribution in [1.29, 1.82) is 5.41 Å². The predicted octanol–water partition coefficient (Wildman–Crippen LogP) is 3.90. The number of methoxy groups -OCH3 is 1. The van der Waals surface area contributed by atoms with Crippen LogP contribution in [-0.2, 0) is 19.0 Å². The minimum atomic E-state index is -0.164. The van der Waals surface area contributed by atoms with E-state index in [1.54, 1.807) is 50.7 Å². The lowest BCUT2D eigenvalue weighted by atomic mass is 10.1. The molecule has 0 saturated carbocycles. The molecule has 2 aromatic carbocycles. The molecule has 218 valence electrons. The first-order valence-corrected chi connectivity index (χ1v) is 13.6. The van der Waals surface area contributed by atoms with Crippen molar-refractivity contribution >= 4 is 41.6 Å². The third kappa shape index (κ3) is 12.5. The van der Waals surface area contributed by atoms with E-state index in [0.717, 1.165) is 15.5 Å². The summed E-state index contributed by atoms with van der Waals surface area (Å²) < 4.78 is 14.8. The lowest BCUT2D eigenvalue weighted by molar-refractivity contribution is -0.105. The lowest BCUT2D eigenvalue weighted by Gasteiger charge is -2.12. The molecule has 41 heavy (non-hydrogen) atoms. The summed E-state index contributed by atoms with van der Waals surface area (Å²) in [6.45, 7) is 2.75. The average Bonchev–Trinajstić information content (AvgIpc) is 3.00. The predicted molar refractivity (Wildman–Crippen MR) is 161 cm³/mol. The number of aliphatic hydroxyl groups excluding tert-OH is 1. The Balaban J connectivity index is 0.000000454. The maximum absolute atomic E-state index is 12.1. The molecule has 0 spiro atoms. The van der Waals surface area contributed by atoms with Gasteiger partial charge in [-0.2, -0.15) is 0 Å². The maximum atomic E-state index is 12.1. The molecule has 1 aromatic heterocycles. The molecule has 4 N–H and O–H groups in total. The molecule has 3 rings (SSSR count). The average molecular weight is 581 g/mol. The number of ether oxygens (including phenoxy) is 3. The Bertz CT molecular complexity index is 1250. The van der Waals surface area contributed by atoms with E-state index in [1.165, 1.54) is 11.8 Å². The molecule has 3 aromatic rings. The Morgan fingerprint density at radius 1 is 1.00 bits per heavy atom. The van der Waals surface area contributed by atoms with E-state index < -0.39 is 0 Å². The first-order valence-electron chi connectivity index (χ1n) is 12.8. The lowest BCUT2D eigenvalue weighted by Crippen LogP contribution is -2.18. The molecule has 11 heteroatoms. The molecule has 0 aliphatic rings. The van der Waals surface area contributed by atoms with E-state index >= 15 is 0 Å². The number of carbonyl (C=O) groups excluding carboxylic acids is 2. The fourth-order valence-electron chi connectivity index (χ4n) is 3.27. The van der Waals surface area contributed by atoms with Crippen LogP contribution in [0.4, 0.5) is 5.69 Å². The number of allylic oxidation sites excluding steroid dienone is 1. The van der Waals surface area contributed by atoms with Crippen LogP contribution in [0.3, 0.4) is 0 Å². The van der Waals surface area contributed by atoms with Crippen LogP contribution in [0, 0.1) is 5.41 Å². The minimum Gasteiger partial charge on any atom is -0.394 e. The summed E-state index contributed by atoms with van der Waals surface area (Å²) in [6.07, 6.45) is 5.66. The van der Waals surface area contributed by atoms with Crippen molar-refractivity contribution in [2.24, 2.45) is 0 Å². The number of anilines is 1. The molecule has 0 atom stereocenters. The molecule has 2 amide bonds. The van der Waals surface area contributed by atoms with Gasteiger partial charge in [0.1, 0.15) is 0 Å². The fourth-order valence-corrected chi connectivity index (χ4v) is 4.26. The third-order valence-electron chi connectivity index (χ3n) is 5.23. The number of carbonyl (C=O) groups is 2. The zero-order valence-corrected chi connectivity index (χ0v) is 24.0. The first kappa shape index (κ1) is 33.3. The summed E-state index contributed by atoms with van der Waals surface area (Å²) >= 11 is 1.41. The Labute approximate surface area is 244 Å². The van der Waals surface area contributed by atoms with Crippen LogP contribution < -0.4 is 10.6 Å².